The summed E-state index contributed by atoms with van der Waals surface area (Å²) in [6.45, 7) is 14.1. The summed E-state index contributed by atoms with van der Waals surface area (Å²) in [6, 6.07) is 0.983. The number of fused-ring (bicyclic) bond motifs is 2. The van der Waals surface area contributed by atoms with Crippen LogP contribution >= 0.6 is 0 Å². The highest BCUT2D eigenvalue weighted by Gasteiger charge is 2.59. The highest BCUT2D eigenvalue weighted by Crippen LogP contribution is 2.62. The lowest BCUT2D eigenvalue weighted by atomic mass is 9.68. The molecule has 118 valence electrons. The van der Waals surface area contributed by atoms with Gasteiger partial charge in [-0.25, -0.2) is 0 Å². The standard InChI is InChI=1S/C18H31N3/c1-11(15-12(2)20-21(7)13(15)3)19-16-17(4,5)14-8-9-18(16,6)10-14/h11,14,16,19H,8-10H2,1-7H3. The molecule has 0 aliphatic heterocycles. The average molecular weight is 289 g/mol. The van der Waals surface area contributed by atoms with Gasteiger partial charge in [0.05, 0.1) is 5.69 Å². The van der Waals surface area contributed by atoms with Crippen LogP contribution in [0.1, 0.15) is 70.0 Å². The minimum absolute atomic E-state index is 0.374. The number of aromatic nitrogens is 2. The molecule has 1 aromatic rings. The monoisotopic (exact) mass is 289 g/mol. The maximum Gasteiger partial charge on any atom is 0.0644 e. The maximum atomic E-state index is 4.58. The molecule has 0 spiro atoms. The van der Waals surface area contributed by atoms with Crippen LogP contribution in [0.2, 0.25) is 0 Å². The van der Waals surface area contributed by atoms with E-state index in [1.54, 1.807) is 0 Å². The molecule has 4 atom stereocenters. The minimum atomic E-state index is 0.374. The fourth-order valence-corrected chi connectivity index (χ4v) is 5.47. The molecule has 1 N–H and O–H groups in total. The van der Waals surface area contributed by atoms with Crippen molar-refractivity contribution in [3.63, 3.8) is 0 Å². The third kappa shape index (κ3) is 2.08. The molecule has 1 heterocycles. The van der Waals surface area contributed by atoms with Crippen molar-refractivity contribution in [2.75, 3.05) is 0 Å². The molecule has 21 heavy (non-hydrogen) atoms. The van der Waals surface area contributed by atoms with Gasteiger partial charge in [0.15, 0.2) is 0 Å². The summed E-state index contributed by atoms with van der Waals surface area (Å²) < 4.78 is 2.01. The van der Waals surface area contributed by atoms with Gasteiger partial charge in [-0.3, -0.25) is 4.68 Å². The molecule has 2 bridgehead atoms. The molecule has 3 rings (SSSR count). The van der Waals surface area contributed by atoms with Gasteiger partial charge in [0.2, 0.25) is 0 Å². The summed E-state index contributed by atoms with van der Waals surface area (Å²) >= 11 is 0. The number of hydrogen-bond acceptors (Lipinski definition) is 2. The topological polar surface area (TPSA) is 29.9 Å². The predicted octanol–water partition coefficient (Wildman–Crippen LogP) is 3.90. The quantitative estimate of drug-likeness (QED) is 0.914. The minimum Gasteiger partial charge on any atom is -0.306 e. The number of rotatable bonds is 3. The second-order valence-electron chi connectivity index (χ2n) is 8.44. The Kier molecular flexibility index (Phi) is 3.29. The molecule has 2 aliphatic rings. The molecule has 3 nitrogen and oxygen atoms in total. The van der Waals surface area contributed by atoms with Gasteiger partial charge in [-0.15, -0.1) is 0 Å². The first kappa shape index (κ1) is 15.1. The third-order valence-electron chi connectivity index (χ3n) is 6.68. The van der Waals surface area contributed by atoms with Crippen LogP contribution in [0.4, 0.5) is 0 Å². The van der Waals surface area contributed by atoms with Crippen molar-refractivity contribution >= 4 is 0 Å². The van der Waals surface area contributed by atoms with Gasteiger partial charge in [-0.2, -0.15) is 5.10 Å². The van der Waals surface area contributed by atoms with Gasteiger partial charge in [0.1, 0.15) is 0 Å². The van der Waals surface area contributed by atoms with E-state index in [-0.39, 0.29) is 0 Å². The molecule has 2 saturated carbocycles. The van der Waals surface area contributed by atoms with Crippen LogP contribution in [0.15, 0.2) is 0 Å². The van der Waals surface area contributed by atoms with E-state index in [0.29, 0.717) is 22.9 Å². The van der Waals surface area contributed by atoms with Crippen molar-refractivity contribution in [1.82, 2.24) is 15.1 Å². The molecular formula is C18H31N3. The number of hydrogen-bond donors (Lipinski definition) is 1. The summed E-state index contributed by atoms with van der Waals surface area (Å²) in [7, 11) is 2.04. The Labute approximate surface area is 129 Å². The molecule has 0 aromatic carbocycles. The zero-order valence-corrected chi connectivity index (χ0v) is 14.7. The summed E-state index contributed by atoms with van der Waals surface area (Å²) in [4.78, 5) is 0. The Morgan fingerprint density at radius 3 is 2.43 bits per heavy atom. The smallest absolute Gasteiger partial charge is 0.0644 e. The van der Waals surface area contributed by atoms with E-state index in [1.807, 2.05) is 11.7 Å². The van der Waals surface area contributed by atoms with E-state index in [0.717, 1.165) is 5.92 Å². The molecule has 0 radical (unpaired) electrons. The van der Waals surface area contributed by atoms with E-state index in [9.17, 15) is 0 Å². The van der Waals surface area contributed by atoms with Gasteiger partial charge < -0.3 is 5.32 Å². The first-order valence-corrected chi connectivity index (χ1v) is 8.43. The first-order chi connectivity index (χ1) is 9.67. The van der Waals surface area contributed by atoms with Gasteiger partial charge in [-0.05, 0) is 56.8 Å². The van der Waals surface area contributed by atoms with Gasteiger partial charge >= 0.3 is 0 Å². The molecule has 0 saturated heterocycles. The summed E-state index contributed by atoms with van der Waals surface area (Å²) in [5.74, 6) is 0.892. The van der Waals surface area contributed by atoms with E-state index < -0.39 is 0 Å². The van der Waals surface area contributed by atoms with Crippen molar-refractivity contribution < 1.29 is 0 Å². The highest BCUT2D eigenvalue weighted by molar-refractivity contribution is 5.28. The lowest BCUT2D eigenvalue weighted by molar-refractivity contribution is 0.100. The molecule has 2 fully saturated rings. The van der Waals surface area contributed by atoms with Crippen LogP contribution in [0.5, 0.6) is 0 Å². The Morgan fingerprint density at radius 2 is 1.95 bits per heavy atom. The van der Waals surface area contributed by atoms with Crippen molar-refractivity contribution in [2.24, 2.45) is 23.8 Å². The zero-order chi connectivity index (χ0) is 15.6. The van der Waals surface area contributed by atoms with Crippen LogP contribution in [-0.2, 0) is 7.05 Å². The number of nitrogens with one attached hydrogen (secondary N) is 1. The molecule has 0 amide bonds. The number of aryl methyl sites for hydroxylation is 2. The zero-order valence-electron chi connectivity index (χ0n) is 14.7. The van der Waals surface area contributed by atoms with Gasteiger partial charge in [0, 0.05) is 30.4 Å². The number of nitrogens with zero attached hydrogens (tertiary/aromatic N) is 2. The van der Waals surface area contributed by atoms with Gasteiger partial charge in [-0.1, -0.05) is 20.8 Å². The van der Waals surface area contributed by atoms with Crippen LogP contribution in [0, 0.1) is 30.6 Å². The molecule has 4 unspecified atom stereocenters. The van der Waals surface area contributed by atoms with E-state index in [1.165, 1.54) is 36.2 Å². The lowest BCUT2D eigenvalue weighted by Crippen LogP contribution is -2.51. The molecule has 3 heteroatoms. The van der Waals surface area contributed by atoms with Crippen molar-refractivity contribution in [3.8, 4) is 0 Å². The molecular weight excluding hydrogens is 258 g/mol. The fourth-order valence-electron chi connectivity index (χ4n) is 5.47. The molecule has 2 aliphatic carbocycles. The Morgan fingerprint density at radius 1 is 1.29 bits per heavy atom. The lowest BCUT2D eigenvalue weighted by Gasteiger charge is -2.44. The van der Waals surface area contributed by atoms with Crippen LogP contribution in [0.3, 0.4) is 0 Å². The van der Waals surface area contributed by atoms with Crippen molar-refractivity contribution in [3.05, 3.63) is 17.0 Å². The Balaban J connectivity index is 1.86. The largest absolute Gasteiger partial charge is 0.306 e. The van der Waals surface area contributed by atoms with Crippen LogP contribution in [0.25, 0.3) is 0 Å². The van der Waals surface area contributed by atoms with Crippen LogP contribution < -0.4 is 5.32 Å². The first-order valence-electron chi connectivity index (χ1n) is 8.43. The van der Waals surface area contributed by atoms with Gasteiger partial charge in [0.25, 0.3) is 0 Å². The Hall–Kier alpha value is -0.830. The Bertz CT molecular complexity index is 552. The maximum absolute atomic E-state index is 4.58. The summed E-state index contributed by atoms with van der Waals surface area (Å²) in [5.41, 5.74) is 4.73. The van der Waals surface area contributed by atoms with E-state index >= 15 is 0 Å². The third-order valence-corrected chi connectivity index (χ3v) is 6.68. The molecule has 1 aromatic heterocycles. The normalized spacial score (nSPS) is 35.4. The average Bonchev–Trinajstić information content (AvgIpc) is 2.94. The van der Waals surface area contributed by atoms with Crippen molar-refractivity contribution in [1.29, 1.82) is 0 Å². The SMILES string of the molecule is Cc1nn(C)c(C)c1C(C)NC1C2(C)CCC(C2)C1(C)C. The predicted molar refractivity (Wildman–Crippen MR) is 87.2 cm³/mol. The highest BCUT2D eigenvalue weighted by atomic mass is 15.3. The summed E-state index contributed by atoms with van der Waals surface area (Å²) in [5, 5.41) is 8.58. The van der Waals surface area contributed by atoms with E-state index in [2.05, 4.69) is 52.0 Å². The summed E-state index contributed by atoms with van der Waals surface area (Å²) in [6.07, 6.45) is 4.20. The second-order valence-corrected chi connectivity index (χ2v) is 8.44. The second kappa shape index (κ2) is 4.58. The van der Waals surface area contributed by atoms with Crippen molar-refractivity contribution in [2.45, 2.75) is 72.9 Å². The van der Waals surface area contributed by atoms with Crippen LogP contribution in [-0.4, -0.2) is 15.8 Å². The van der Waals surface area contributed by atoms with E-state index in [4.69, 9.17) is 0 Å². The fraction of sp³-hybridized carbons (Fsp3) is 0.833.